The first-order valence-electron chi connectivity index (χ1n) is 26.0. The number of nitrogens with one attached hydrogen (secondary N) is 2. The van der Waals surface area contributed by atoms with Gasteiger partial charge in [0.2, 0.25) is 17.7 Å². The molecule has 3 aromatic heterocycles. The van der Waals surface area contributed by atoms with Crippen LogP contribution in [0.5, 0.6) is 11.8 Å². The van der Waals surface area contributed by atoms with E-state index < -0.39 is 11.6 Å². The molecule has 2 bridgehead atoms. The first-order chi connectivity index (χ1) is 35.4. The molecule has 1 saturated carbocycles. The SMILES string of the molecule is C#Cc1c(F)ccc2cc(O)cc(-c3ncc4c(N5CC6CCC(C5)N6)nc(OCC5(CN6CCCN(C(=O)CN7CCC(c8ccc9c(C%10CCC(=O)NC%10=O)cn(C)c9c8)CC7)CC6)CC5)nc4c3F)c12. The van der Waals surface area contributed by atoms with E-state index in [1.54, 1.807) is 6.20 Å². The number of nitrogens with zero attached hydrogens (tertiary/aromatic N) is 8. The average molecular weight is 991 g/mol. The van der Waals surface area contributed by atoms with Crippen molar-refractivity contribution in [1.82, 2.24) is 44.9 Å². The largest absolute Gasteiger partial charge is 0.508 e. The molecule has 6 fully saturated rings. The summed E-state index contributed by atoms with van der Waals surface area (Å²) in [6.45, 7) is 7.65. The number of piperazine rings is 1. The highest BCUT2D eigenvalue weighted by atomic mass is 19.1. The van der Waals surface area contributed by atoms with Crippen LogP contribution in [0, 0.1) is 29.4 Å². The highest BCUT2D eigenvalue weighted by molar-refractivity contribution is 6.04. The summed E-state index contributed by atoms with van der Waals surface area (Å²) in [7, 11) is 2.01. The number of ether oxygens (including phenoxy) is 1. The molecular formula is C56H60F2N10O5. The Morgan fingerprint density at radius 1 is 0.932 bits per heavy atom. The maximum Gasteiger partial charge on any atom is 0.319 e. The average Bonchev–Trinajstić information content (AvgIpc) is 4.04. The van der Waals surface area contributed by atoms with Crippen LogP contribution in [0.15, 0.2) is 54.9 Å². The van der Waals surface area contributed by atoms with Crippen LogP contribution in [0.25, 0.3) is 43.8 Å². The van der Waals surface area contributed by atoms with Gasteiger partial charge in [-0.2, -0.15) is 9.97 Å². The minimum Gasteiger partial charge on any atom is -0.508 e. The van der Waals surface area contributed by atoms with Gasteiger partial charge in [-0.15, -0.1) is 6.42 Å². The van der Waals surface area contributed by atoms with Crippen LogP contribution in [0.1, 0.15) is 86.3 Å². The first kappa shape index (κ1) is 47.3. The van der Waals surface area contributed by atoms with E-state index in [2.05, 4.69) is 59.0 Å². The fourth-order valence-corrected chi connectivity index (χ4v) is 12.5. The summed E-state index contributed by atoms with van der Waals surface area (Å²) < 4.78 is 40.8. The van der Waals surface area contributed by atoms with Crippen molar-refractivity contribution in [2.24, 2.45) is 12.5 Å². The quantitative estimate of drug-likeness (QED) is 0.0979. The van der Waals surface area contributed by atoms with Crippen LogP contribution in [-0.2, 0) is 21.4 Å². The van der Waals surface area contributed by atoms with E-state index in [1.165, 1.54) is 29.8 Å². The lowest BCUT2D eigenvalue weighted by Crippen LogP contribution is -2.51. The van der Waals surface area contributed by atoms with E-state index in [0.717, 1.165) is 94.1 Å². The summed E-state index contributed by atoms with van der Waals surface area (Å²) in [5.41, 5.74) is 3.21. The van der Waals surface area contributed by atoms with Gasteiger partial charge in [-0.3, -0.25) is 29.6 Å². The van der Waals surface area contributed by atoms with Gasteiger partial charge in [0, 0.05) is 104 Å². The number of anilines is 1. The van der Waals surface area contributed by atoms with Gasteiger partial charge < -0.3 is 34.4 Å². The van der Waals surface area contributed by atoms with Gasteiger partial charge in [-0.25, -0.2) is 8.78 Å². The van der Waals surface area contributed by atoms with Crippen LogP contribution in [-0.4, -0.2) is 141 Å². The monoisotopic (exact) mass is 990 g/mol. The Balaban J connectivity index is 0.692. The van der Waals surface area contributed by atoms with Crippen LogP contribution < -0.4 is 20.3 Å². The second-order valence-electron chi connectivity index (χ2n) is 21.5. The molecule has 5 aliphatic heterocycles. The molecule has 3 aromatic carbocycles. The van der Waals surface area contributed by atoms with Crippen LogP contribution >= 0.6 is 0 Å². The van der Waals surface area contributed by atoms with Crippen molar-refractivity contribution in [2.45, 2.75) is 81.7 Å². The van der Waals surface area contributed by atoms with Crippen molar-refractivity contribution in [2.75, 3.05) is 77.0 Å². The number of likely N-dealkylation sites (tertiary alicyclic amines) is 1. The van der Waals surface area contributed by atoms with Gasteiger partial charge >= 0.3 is 6.01 Å². The number of hydrogen-bond donors (Lipinski definition) is 3. The summed E-state index contributed by atoms with van der Waals surface area (Å²) in [5.74, 6) is 1.23. The molecule has 3 amide bonds. The van der Waals surface area contributed by atoms with Crippen LogP contribution in [0.4, 0.5) is 14.6 Å². The van der Waals surface area contributed by atoms with Gasteiger partial charge in [0.1, 0.15) is 28.6 Å². The number of aromatic hydroxyl groups is 1. The summed E-state index contributed by atoms with van der Waals surface area (Å²) in [5, 5.41) is 19.1. The summed E-state index contributed by atoms with van der Waals surface area (Å²) in [6.07, 6.45) is 17.0. The number of carbonyl (C=O) groups is 3. The van der Waals surface area contributed by atoms with Gasteiger partial charge in [-0.1, -0.05) is 24.1 Å². The highest BCUT2D eigenvalue weighted by Gasteiger charge is 2.45. The number of amides is 3. The molecule has 3 atom stereocenters. The van der Waals surface area contributed by atoms with Crippen molar-refractivity contribution >= 4 is 56.1 Å². The number of fused-ring (bicyclic) bond motifs is 5. The molecule has 378 valence electrons. The highest BCUT2D eigenvalue weighted by Crippen LogP contribution is 2.47. The fourth-order valence-electron chi connectivity index (χ4n) is 12.5. The molecule has 6 aromatic rings. The van der Waals surface area contributed by atoms with Crippen LogP contribution in [0.2, 0.25) is 0 Å². The fraction of sp³-hybridized carbons (Fsp3) is 0.464. The summed E-state index contributed by atoms with van der Waals surface area (Å²) in [6, 6.07) is 12.7. The molecule has 5 saturated heterocycles. The second-order valence-corrected chi connectivity index (χ2v) is 21.5. The predicted octanol–water partition coefficient (Wildman–Crippen LogP) is 6.34. The molecule has 17 heteroatoms. The molecular weight excluding hydrogens is 931 g/mol. The van der Waals surface area contributed by atoms with E-state index >= 15 is 8.78 Å². The number of halogens is 2. The zero-order valence-corrected chi connectivity index (χ0v) is 41.1. The number of aryl methyl sites for hydroxylation is 1. The Kier molecular flexibility index (Phi) is 12.3. The number of terminal acetylenes is 1. The number of benzene rings is 3. The van der Waals surface area contributed by atoms with Crippen molar-refractivity contribution in [3.63, 3.8) is 0 Å². The number of aromatic nitrogens is 4. The molecule has 15 nitrogen and oxygen atoms in total. The molecule has 8 heterocycles. The van der Waals surface area contributed by atoms with E-state index in [0.29, 0.717) is 74.7 Å². The third-order valence-corrected chi connectivity index (χ3v) is 16.7. The zero-order chi connectivity index (χ0) is 50.1. The molecule has 6 aliphatic rings. The molecule has 3 N–H and O–H groups in total. The molecule has 73 heavy (non-hydrogen) atoms. The zero-order valence-electron chi connectivity index (χ0n) is 41.1. The van der Waals surface area contributed by atoms with Gasteiger partial charge in [-0.05, 0) is 118 Å². The lowest BCUT2D eigenvalue weighted by Gasteiger charge is -2.34. The Labute approximate surface area is 422 Å². The number of piperidine rings is 2. The third kappa shape index (κ3) is 9.12. The number of imide groups is 1. The van der Waals surface area contributed by atoms with E-state index in [4.69, 9.17) is 21.1 Å². The maximum absolute atomic E-state index is 17.2. The maximum atomic E-state index is 17.2. The van der Waals surface area contributed by atoms with Crippen LogP contribution in [0.3, 0.4) is 0 Å². The second kappa shape index (κ2) is 18.9. The number of pyridine rings is 1. The van der Waals surface area contributed by atoms with Crippen molar-refractivity contribution in [1.29, 1.82) is 0 Å². The van der Waals surface area contributed by atoms with Crippen molar-refractivity contribution < 1.29 is 33.0 Å². The standard InChI is InChI=1S/C56H60F2N10O5/c1-3-39-45(57)11-6-35-23-38(69)25-42(49(35)39)51-50(58)52-43(26-59-51)53(68-27-36-7-8-37(28-68)60-36)63-55(62-52)73-32-56(15-16-56)31-66-17-4-18-67(22-21-66)48(71)30-65-19-13-33(14-20-65)34-5-9-40-44(29-64(2)46(40)24-34)41-10-12-47(70)61-54(41)72/h1,5-6,9,11,23-26,29,33,36-37,41,60,69H,4,7-8,10,12-22,27-28,30-32H2,2H3,(H,61,70,72). The number of rotatable bonds is 11. The predicted molar refractivity (Wildman–Crippen MR) is 273 cm³/mol. The van der Waals surface area contributed by atoms with Crippen molar-refractivity contribution in [3.8, 4) is 35.4 Å². The Bertz CT molecular complexity index is 3240. The lowest BCUT2D eigenvalue weighted by molar-refractivity contribution is -0.134. The van der Waals surface area contributed by atoms with E-state index in [-0.39, 0.29) is 80.6 Å². The van der Waals surface area contributed by atoms with Gasteiger partial charge in [0.25, 0.3) is 0 Å². The number of phenolic OH excluding ortho intramolecular Hbond substituents is 1. The van der Waals surface area contributed by atoms with E-state index in [1.807, 2.05) is 18.1 Å². The first-order valence-corrected chi connectivity index (χ1v) is 26.0. The summed E-state index contributed by atoms with van der Waals surface area (Å²) in [4.78, 5) is 61.5. The molecule has 12 rings (SSSR count). The molecule has 0 radical (unpaired) electrons. The number of hydrogen-bond acceptors (Lipinski definition) is 12. The summed E-state index contributed by atoms with van der Waals surface area (Å²) >= 11 is 0. The number of carbonyl (C=O) groups excluding carboxylic acids is 3. The molecule has 1 aliphatic carbocycles. The lowest BCUT2D eigenvalue weighted by atomic mass is 9.87. The third-order valence-electron chi connectivity index (χ3n) is 16.7. The van der Waals surface area contributed by atoms with Gasteiger partial charge in [0.15, 0.2) is 5.82 Å². The molecule has 3 unspecified atom stereocenters. The molecule has 0 spiro atoms. The normalized spacial score (nSPS) is 22.7. The minimum atomic E-state index is -0.747. The number of phenols is 1. The Morgan fingerprint density at radius 2 is 1.74 bits per heavy atom. The van der Waals surface area contributed by atoms with E-state index in [9.17, 15) is 19.5 Å². The smallest absolute Gasteiger partial charge is 0.319 e. The topological polar surface area (TPSA) is 161 Å². The van der Waals surface area contributed by atoms with Gasteiger partial charge in [0.05, 0.1) is 30.0 Å². The van der Waals surface area contributed by atoms with Crippen molar-refractivity contribution in [3.05, 3.63) is 83.2 Å². The minimum absolute atomic E-state index is 0.0193. The Hall–Kier alpha value is -6.74. The Morgan fingerprint density at radius 3 is 2.51 bits per heavy atom.